The number of benzene rings is 1. The number of nitrogens with one attached hydrogen (secondary N) is 1. The van der Waals surface area contributed by atoms with Crippen LogP contribution < -0.4 is 10.5 Å². The normalized spacial score (nSPS) is 11.4. The van der Waals surface area contributed by atoms with E-state index in [4.69, 9.17) is 5.73 Å². The van der Waals surface area contributed by atoms with Crippen molar-refractivity contribution >= 4 is 27.5 Å². The van der Waals surface area contributed by atoms with Crippen molar-refractivity contribution < 1.29 is 8.42 Å². The van der Waals surface area contributed by atoms with Crippen LogP contribution >= 0.6 is 11.8 Å². The van der Waals surface area contributed by atoms with Gasteiger partial charge in [-0.05, 0) is 31.3 Å². The number of sulfonamides is 1. The van der Waals surface area contributed by atoms with Gasteiger partial charge in [-0.2, -0.15) is 0 Å². The largest absolute Gasteiger partial charge is 0.398 e. The highest BCUT2D eigenvalue weighted by molar-refractivity contribution is 7.99. The minimum atomic E-state index is -3.48. The van der Waals surface area contributed by atoms with Crippen molar-refractivity contribution in [2.45, 2.75) is 14.8 Å². The van der Waals surface area contributed by atoms with Gasteiger partial charge in [-0.25, -0.2) is 23.1 Å². The zero-order valence-corrected chi connectivity index (χ0v) is 11.7. The Kier molecular flexibility index (Phi) is 4.03. The maximum Gasteiger partial charge on any atom is 0.240 e. The molecule has 1 heterocycles. The summed E-state index contributed by atoms with van der Waals surface area (Å²) in [6, 6.07) is 6.27. The lowest BCUT2D eigenvalue weighted by Crippen LogP contribution is -2.18. The predicted molar refractivity (Wildman–Crippen MR) is 73.3 cm³/mol. The smallest absolute Gasteiger partial charge is 0.240 e. The van der Waals surface area contributed by atoms with Gasteiger partial charge in [0.1, 0.15) is 11.4 Å². The molecule has 0 aliphatic rings. The molecular weight excluding hydrogens is 284 g/mol. The molecule has 1 aromatic heterocycles. The van der Waals surface area contributed by atoms with Crippen LogP contribution in [0.5, 0.6) is 0 Å². The van der Waals surface area contributed by atoms with E-state index in [0.717, 1.165) is 0 Å². The lowest BCUT2D eigenvalue weighted by molar-refractivity contribution is 0.588. The molecule has 100 valence electrons. The highest BCUT2D eigenvalue weighted by Gasteiger charge is 2.14. The number of aromatic nitrogens is 2. The third kappa shape index (κ3) is 3.22. The van der Waals surface area contributed by atoms with E-state index >= 15 is 0 Å². The quantitative estimate of drug-likeness (QED) is 0.648. The average Bonchev–Trinajstić information content (AvgIpc) is 2.42. The van der Waals surface area contributed by atoms with E-state index < -0.39 is 10.0 Å². The monoisotopic (exact) mass is 296 g/mol. The molecule has 0 atom stereocenters. The third-order valence-corrected chi connectivity index (χ3v) is 4.77. The van der Waals surface area contributed by atoms with Crippen molar-refractivity contribution in [3.8, 4) is 0 Å². The SMILES string of the molecule is CNS(=O)(=O)c1ccc(N)c(Sc2ccncn2)c1. The number of hydrogen-bond donors (Lipinski definition) is 2. The van der Waals surface area contributed by atoms with Gasteiger partial charge in [-0.15, -0.1) is 0 Å². The highest BCUT2D eigenvalue weighted by Crippen LogP contribution is 2.32. The van der Waals surface area contributed by atoms with E-state index in [1.165, 1.54) is 37.3 Å². The van der Waals surface area contributed by atoms with E-state index in [-0.39, 0.29) is 4.90 Å². The molecule has 0 saturated heterocycles. The summed E-state index contributed by atoms with van der Waals surface area (Å²) in [6.45, 7) is 0. The summed E-state index contributed by atoms with van der Waals surface area (Å²) in [5, 5.41) is 0.695. The van der Waals surface area contributed by atoms with Crippen LogP contribution in [0.1, 0.15) is 0 Å². The second-order valence-electron chi connectivity index (χ2n) is 3.56. The van der Waals surface area contributed by atoms with Gasteiger partial charge in [0, 0.05) is 16.8 Å². The fraction of sp³-hybridized carbons (Fsp3) is 0.0909. The maximum absolute atomic E-state index is 11.7. The van der Waals surface area contributed by atoms with Gasteiger partial charge < -0.3 is 5.73 Å². The lowest BCUT2D eigenvalue weighted by Gasteiger charge is -2.08. The standard InChI is InChI=1S/C11H12N4O2S2/c1-13-19(16,17)8-2-3-9(12)10(6-8)18-11-4-5-14-7-15-11/h2-7,13H,12H2,1H3. The molecule has 0 fully saturated rings. The van der Waals surface area contributed by atoms with E-state index in [2.05, 4.69) is 14.7 Å². The summed E-state index contributed by atoms with van der Waals surface area (Å²) in [6.07, 6.45) is 3.03. The van der Waals surface area contributed by atoms with E-state index in [1.807, 2.05) is 0 Å². The first-order chi connectivity index (χ1) is 9.03. The highest BCUT2D eigenvalue weighted by atomic mass is 32.2. The van der Waals surface area contributed by atoms with Gasteiger partial charge >= 0.3 is 0 Å². The number of nitrogen functional groups attached to an aromatic ring is 1. The van der Waals surface area contributed by atoms with Crippen molar-refractivity contribution in [2.24, 2.45) is 0 Å². The van der Waals surface area contributed by atoms with Crippen LogP contribution in [0.2, 0.25) is 0 Å². The molecule has 0 saturated carbocycles. The Morgan fingerprint density at radius 2 is 2.11 bits per heavy atom. The van der Waals surface area contributed by atoms with Gasteiger partial charge in [0.25, 0.3) is 0 Å². The zero-order valence-electron chi connectivity index (χ0n) is 10.1. The van der Waals surface area contributed by atoms with Crippen LogP contribution in [-0.4, -0.2) is 25.4 Å². The molecule has 0 amide bonds. The molecule has 0 aliphatic heterocycles. The minimum Gasteiger partial charge on any atom is -0.398 e. The minimum absolute atomic E-state index is 0.167. The van der Waals surface area contributed by atoms with Gasteiger partial charge in [-0.1, -0.05) is 11.8 Å². The summed E-state index contributed by atoms with van der Waals surface area (Å²) < 4.78 is 25.7. The van der Waals surface area contributed by atoms with Crippen molar-refractivity contribution in [1.82, 2.24) is 14.7 Å². The van der Waals surface area contributed by atoms with Crippen molar-refractivity contribution in [3.63, 3.8) is 0 Å². The van der Waals surface area contributed by atoms with Crippen LogP contribution in [0.25, 0.3) is 0 Å². The number of anilines is 1. The van der Waals surface area contributed by atoms with Crippen LogP contribution in [0.3, 0.4) is 0 Å². The molecule has 1 aromatic carbocycles. The lowest BCUT2D eigenvalue weighted by atomic mass is 10.3. The zero-order chi connectivity index (χ0) is 13.9. The number of nitrogens with two attached hydrogens (primary N) is 1. The Balaban J connectivity index is 2.38. The fourth-order valence-corrected chi connectivity index (χ4v) is 3.00. The molecule has 6 nitrogen and oxygen atoms in total. The Hall–Kier alpha value is -1.64. The molecule has 2 aromatic rings. The summed E-state index contributed by atoms with van der Waals surface area (Å²) in [5.74, 6) is 0. The second kappa shape index (κ2) is 5.55. The summed E-state index contributed by atoms with van der Waals surface area (Å²) in [5.41, 5.74) is 6.34. The molecule has 0 spiro atoms. The van der Waals surface area contributed by atoms with E-state index in [1.54, 1.807) is 18.3 Å². The molecule has 8 heteroatoms. The van der Waals surface area contributed by atoms with Crippen molar-refractivity contribution in [2.75, 3.05) is 12.8 Å². The summed E-state index contributed by atoms with van der Waals surface area (Å²) in [4.78, 5) is 8.68. The first kappa shape index (κ1) is 13.8. The van der Waals surface area contributed by atoms with Gasteiger partial charge in [0.15, 0.2) is 0 Å². The topological polar surface area (TPSA) is 98.0 Å². The second-order valence-corrected chi connectivity index (χ2v) is 6.51. The molecule has 2 rings (SSSR count). The summed E-state index contributed by atoms with van der Waals surface area (Å²) >= 11 is 1.29. The van der Waals surface area contributed by atoms with Gasteiger partial charge in [0.05, 0.1) is 4.90 Å². The first-order valence-electron chi connectivity index (χ1n) is 5.30. The molecule has 0 unspecified atom stereocenters. The van der Waals surface area contributed by atoms with E-state index in [9.17, 15) is 8.42 Å². The first-order valence-corrected chi connectivity index (χ1v) is 7.60. The van der Waals surface area contributed by atoms with Crippen molar-refractivity contribution in [3.05, 3.63) is 36.8 Å². The van der Waals surface area contributed by atoms with Crippen LogP contribution in [0, 0.1) is 0 Å². The number of hydrogen-bond acceptors (Lipinski definition) is 6. The van der Waals surface area contributed by atoms with Crippen molar-refractivity contribution in [1.29, 1.82) is 0 Å². The molecule has 3 N–H and O–H groups in total. The molecular formula is C11H12N4O2S2. The number of nitrogens with zero attached hydrogens (tertiary/aromatic N) is 2. The Morgan fingerprint density at radius 3 is 2.74 bits per heavy atom. The van der Waals surface area contributed by atoms with E-state index in [0.29, 0.717) is 15.6 Å². The van der Waals surface area contributed by atoms with Gasteiger partial charge in [-0.3, -0.25) is 0 Å². The number of rotatable bonds is 4. The van der Waals surface area contributed by atoms with Crippen LogP contribution in [0.4, 0.5) is 5.69 Å². The Bertz CT molecular complexity index is 674. The van der Waals surface area contributed by atoms with Gasteiger partial charge in [0.2, 0.25) is 10.0 Å². The Morgan fingerprint density at radius 1 is 1.32 bits per heavy atom. The molecule has 19 heavy (non-hydrogen) atoms. The third-order valence-electron chi connectivity index (χ3n) is 2.33. The Labute approximate surface area is 115 Å². The van der Waals surface area contributed by atoms with Crippen LogP contribution in [-0.2, 0) is 10.0 Å². The summed E-state index contributed by atoms with van der Waals surface area (Å²) in [7, 11) is -2.12. The van der Waals surface area contributed by atoms with Crippen LogP contribution in [0.15, 0.2) is 51.6 Å². The maximum atomic E-state index is 11.7. The predicted octanol–water partition coefficient (Wildman–Crippen LogP) is 1.12. The fourth-order valence-electron chi connectivity index (χ4n) is 1.34. The molecule has 0 aliphatic carbocycles. The molecule has 0 bridgehead atoms. The average molecular weight is 296 g/mol. The molecule has 0 radical (unpaired) electrons.